The molecule has 0 aliphatic rings. The maximum Gasteiger partial charge on any atom is 0.251 e. The van der Waals surface area contributed by atoms with E-state index in [1.54, 1.807) is 4.68 Å². The quantitative estimate of drug-likeness (QED) is 0.848. The van der Waals surface area contributed by atoms with Crippen molar-refractivity contribution in [3.05, 3.63) is 31.9 Å². The number of hydrogen-bond donors (Lipinski definition) is 2. The number of carbonyl (C=O) groups is 2. The molecule has 0 aromatic carbocycles. The van der Waals surface area contributed by atoms with Crippen LogP contribution < -0.4 is 11.1 Å². The van der Waals surface area contributed by atoms with Gasteiger partial charge >= 0.3 is 0 Å². The number of halogens is 1. The van der Waals surface area contributed by atoms with Gasteiger partial charge in [-0.1, -0.05) is 0 Å². The first-order chi connectivity index (χ1) is 10.2. The van der Waals surface area contributed by atoms with Crippen LogP contribution in [0.1, 0.15) is 32.2 Å². The van der Waals surface area contributed by atoms with Gasteiger partial charge in [0.15, 0.2) is 0 Å². The molecule has 22 heavy (non-hydrogen) atoms. The minimum Gasteiger partial charge on any atom is -0.365 e. The number of anilines is 1. The monoisotopic (exact) mass is 384 g/mol. The van der Waals surface area contributed by atoms with Crippen LogP contribution in [0.4, 0.5) is 5.00 Å². The fourth-order valence-electron chi connectivity index (χ4n) is 2.14. The fraction of sp³-hybridized carbons (Fsp3) is 0.357. The van der Waals surface area contributed by atoms with E-state index in [9.17, 15) is 9.59 Å². The van der Waals surface area contributed by atoms with Gasteiger partial charge in [0.05, 0.1) is 21.4 Å². The van der Waals surface area contributed by atoms with Crippen LogP contribution >= 0.6 is 27.3 Å². The minimum atomic E-state index is -0.536. The zero-order valence-corrected chi connectivity index (χ0v) is 15.2. The maximum atomic E-state index is 12.2. The summed E-state index contributed by atoms with van der Waals surface area (Å²) < 4.78 is 2.51. The van der Waals surface area contributed by atoms with Crippen LogP contribution in [0, 0.1) is 27.7 Å². The summed E-state index contributed by atoms with van der Waals surface area (Å²) in [6, 6.07) is 0. The molecule has 2 aromatic rings. The van der Waals surface area contributed by atoms with Gasteiger partial charge in [-0.25, -0.2) is 0 Å². The average Bonchev–Trinajstić information content (AvgIpc) is 2.82. The molecule has 0 fully saturated rings. The first-order valence-corrected chi connectivity index (χ1v) is 8.22. The van der Waals surface area contributed by atoms with E-state index >= 15 is 0 Å². The molecule has 2 amide bonds. The SMILES string of the molecule is Cc1nn(CC(=O)Nc2sc(C)c(C)c2C(N)=O)c(C)c1Br. The van der Waals surface area contributed by atoms with Crippen LogP contribution in [0.5, 0.6) is 0 Å². The second kappa shape index (κ2) is 6.21. The van der Waals surface area contributed by atoms with Crippen molar-refractivity contribution in [2.75, 3.05) is 5.32 Å². The Kier molecular flexibility index (Phi) is 4.72. The number of amides is 2. The first-order valence-electron chi connectivity index (χ1n) is 6.61. The summed E-state index contributed by atoms with van der Waals surface area (Å²) >= 11 is 4.78. The zero-order chi connectivity index (χ0) is 16.6. The van der Waals surface area contributed by atoms with Crippen LogP contribution in [0.15, 0.2) is 4.47 Å². The molecule has 0 spiro atoms. The molecule has 0 aliphatic carbocycles. The van der Waals surface area contributed by atoms with E-state index in [4.69, 9.17) is 5.73 Å². The molecule has 8 heteroatoms. The van der Waals surface area contributed by atoms with Crippen LogP contribution in [-0.4, -0.2) is 21.6 Å². The molecule has 3 N–H and O–H groups in total. The summed E-state index contributed by atoms with van der Waals surface area (Å²) in [4.78, 5) is 24.7. The van der Waals surface area contributed by atoms with Crippen molar-refractivity contribution in [2.24, 2.45) is 5.73 Å². The third kappa shape index (κ3) is 3.07. The van der Waals surface area contributed by atoms with Crippen molar-refractivity contribution >= 4 is 44.1 Å². The zero-order valence-electron chi connectivity index (χ0n) is 12.8. The van der Waals surface area contributed by atoms with Crippen molar-refractivity contribution in [1.29, 1.82) is 0 Å². The Bertz CT molecular complexity index is 763. The van der Waals surface area contributed by atoms with E-state index < -0.39 is 5.91 Å². The van der Waals surface area contributed by atoms with Crippen LogP contribution in [0.25, 0.3) is 0 Å². The molecule has 2 heterocycles. The van der Waals surface area contributed by atoms with Gasteiger partial charge in [0, 0.05) is 4.88 Å². The lowest BCUT2D eigenvalue weighted by molar-refractivity contribution is -0.116. The van der Waals surface area contributed by atoms with Crippen molar-refractivity contribution in [2.45, 2.75) is 34.2 Å². The number of thiophene rings is 1. The lowest BCUT2D eigenvalue weighted by atomic mass is 10.1. The van der Waals surface area contributed by atoms with Gasteiger partial charge in [0.25, 0.3) is 5.91 Å². The maximum absolute atomic E-state index is 12.2. The normalized spacial score (nSPS) is 10.8. The lowest BCUT2D eigenvalue weighted by Gasteiger charge is -2.07. The number of primary amides is 1. The number of nitrogens with one attached hydrogen (secondary N) is 1. The summed E-state index contributed by atoms with van der Waals surface area (Å²) in [6.45, 7) is 7.53. The Morgan fingerprint density at radius 1 is 1.32 bits per heavy atom. The number of hydrogen-bond acceptors (Lipinski definition) is 4. The second-order valence-corrected chi connectivity index (χ2v) is 7.06. The summed E-state index contributed by atoms with van der Waals surface area (Å²) in [6.07, 6.45) is 0. The van der Waals surface area contributed by atoms with Gasteiger partial charge in [-0.15, -0.1) is 11.3 Å². The van der Waals surface area contributed by atoms with Crippen molar-refractivity contribution in [3.8, 4) is 0 Å². The predicted molar refractivity (Wildman–Crippen MR) is 90.3 cm³/mol. The highest BCUT2D eigenvalue weighted by Gasteiger charge is 2.19. The van der Waals surface area contributed by atoms with Crippen molar-refractivity contribution in [1.82, 2.24) is 9.78 Å². The van der Waals surface area contributed by atoms with E-state index in [2.05, 4.69) is 26.3 Å². The van der Waals surface area contributed by atoms with Gasteiger partial charge < -0.3 is 11.1 Å². The molecular weight excluding hydrogens is 368 g/mol. The summed E-state index contributed by atoms with van der Waals surface area (Å²) in [5.41, 5.74) is 8.29. The van der Waals surface area contributed by atoms with E-state index in [1.807, 2.05) is 27.7 Å². The van der Waals surface area contributed by atoms with Crippen LogP contribution in [-0.2, 0) is 11.3 Å². The van der Waals surface area contributed by atoms with Gasteiger partial charge in [0.2, 0.25) is 5.91 Å². The minimum absolute atomic E-state index is 0.0759. The van der Waals surface area contributed by atoms with E-state index in [1.165, 1.54) is 11.3 Å². The van der Waals surface area contributed by atoms with Gasteiger partial charge in [0.1, 0.15) is 11.5 Å². The fourth-order valence-corrected chi connectivity index (χ4v) is 3.51. The number of rotatable bonds is 4. The van der Waals surface area contributed by atoms with Crippen LogP contribution in [0.3, 0.4) is 0 Å². The molecule has 0 unspecified atom stereocenters. The van der Waals surface area contributed by atoms with E-state index in [0.717, 1.165) is 26.3 Å². The highest BCUT2D eigenvalue weighted by Crippen LogP contribution is 2.32. The number of nitrogens with two attached hydrogens (primary N) is 1. The molecule has 0 aliphatic heterocycles. The number of aromatic nitrogens is 2. The molecule has 6 nitrogen and oxygen atoms in total. The molecule has 2 aromatic heterocycles. The molecule has 2 rings (SSSR count). The Morgan fingerprint density at radius 3 is 2.45 bits per heavy atom. The average molecular weight is 385 g/mol. The standard InChI is InChI=1S/C14H17BrN4O2S/c1-6-9(4)22-14(11(6)13(16)21)17-10(20)5-19-8(3)12(15)7(2)18-19/h5H2,1-4H3,(H2,16,21)(H,17,20). The topological polar surface area (TPSA) is 90.0 Å². The van der Waals surface area contributed by atoms with Gasteiger partial charge in [-0.05, 0) is 49.2 Å². The van der Waals surface area contributed by atoms with Crippen molar-refractivity contribution in [3.63, 3.8) is 0 Å². The number of carbonyl (C=O) groups excluding carboxylic acids is 2. The lowest BCUT2D eigenvalue weighted by Crippen LogP contribution is -2.22. The summed E-state index contributed by atoms with van der Waals surface area (Å²) in [5.74, 6) is -0.784. The highest BCUT2D eigenvalue weighted by molar-refractivity contribution is 9.10. The highest BCUT2D eigenvalue weighted by atomic mass is 79.9. The molecule has 0 radical (unpaired) electrons. The molecular formula is C14H17BrN4O2S. The van der Waals surface area contributed by atoms with E-state index in [0.29, 0.717) is 10.6 Å². The number of aryl methyl sites for hydroxylation is 2. The second-order valence-electron chi connectivity index (χ2n) is 5.04. The Morgan fingerprint density at radius 2 is 1.95 bits per heavy atom. The Hall–Kier alpha value is -1.67. The predicted octanol–water partition coefficient (Wildman–Crippen LogP) is 2.68. The molecule has 0 bridgehead atoms. The Labute approximate surface area is 140 Å². The smallest absolute Gasteiger partial charge is 0.251 e. The Balaban J connectivity index is 2.21. The number of nitrogens with zero attached hydrogens (tertiary/aromatic N) is 2. The third-order valence-electron chi connectivity index (χ3n) is 3.47. The summed E-state index contributed by atoms with van der Waals surface area (Å²) in [5, 5.41) is 7.55. The van der Waals surface area contributed by atoms with E-state index in [-0.39, 0.29) is 12.5 Å². The largest absolute Gasteiger partial charge is 0.365 e. The first kappa shape index (κ1) is 16.7. The van der Waals surface area contributed by atoms with Crippen molar-refractivity contribution < 1.29 is 9.59 Å². The van der Waals surface area contributed by atoms with Gasteiger partial charge in [-0.2, -0.15) is 5.10 Å². The molecule has 0 saturated heterocycles. The van der Waals surface area contributed by atoms with Crippen LogP contribution in [0.2, 0.25) is 0 Å². The molecule has 0 saturated carbocycles. The molecule has 118 valence electrons. The van der Waals surface area contributed by atoms with Gasteiger partial charge in [-0.3, -0.25) is 14.3 Å². The third-order valence-corrected chi connectivity index (χ3v) is 5.74. The summed E-state index contributed by atoms with van der Waals surface area (Å²) in [7, 11) is 0. The molecule has 0 atom stereocenters.